The first-order valence-electron chi connectivity index (χ1n) is 5.67. The molecule has 0 spiro atoms. The molecule has 0 saturated carbocycles. The normalized spacial score (nSPS) is 11.0. The van der Waals surface area contributed by atoms with Gasteiger partial charge >= 0.3 is 0 Å². The highest BCUT2D eigenvalue weighted by Crippen LogP contribution is 2.00. The van der Waals surface area contributed by atoms with Gasteiger partial charge in [-0.2, -0.15) is 0 Å². The van der Waals surface area contributed by atoms with Crippen LogP contribution in [0.15, 0.2) is 30.6 Å². The molecule has 0 aliphatic heterocycles. The fourth-order valence-corrected chi connectivity index (χ4v) is 1.67. The summed E-state index contributed by atoms with van der Waals surface area (Å²) in [5, 5.41) is 7.98. The molecule has 0 aromatic carbocycles. The lowest BCUT2D eigenvalue weighted by Crippen LogP contribution is -2.21. The molecule has 90 valence electrons. The summed E-state index contributed by atoms with van der Waals surface area (Å²) in [6, 6.07) is 6.01. The number of aromatic nitrogens is 4. The highest BCUT2D eigenvalue weighted by molar-refractivity contribution is 5.03. The molecule has 0 fully saturated rings. The highest BCUT2D eigenvalue weighted by atomic mass is 15.4. The predicted molar refractivity (Wildman–Crippen MR) is 65.3 cm³/mol. The highest BCUT2D eigenvalue weighted by Gasteiger charge is 2.04. The predicted octanol–water partition coefficient (Wildman–Crippen LogP) is 0.885. The summed E-state index contributed by atoms with van der Waals surface area (Å²) in [5.41, 5.74) is 2.12. The minimum Gasteiger partial charge on any atom is -0.300 e. The van der Waals surface area contributed by atoms with Crippen molar-refractivity contribution in [2.45, 2.75) is 13.0 Å². The van der Waals surface area contributed by atoms with Gasteiger partial charge in [0.1, 0.15) is 0 Å². The van der Waals surface area contributed by atoms with E-state index >= 15 is 0 Å². The minimum absolute atomic E-state index is 0.820. The van der Waals surface area contributed by atoms with Crippen molar-refractivity contribution < 1.29 is 0 Å². The Hall–Kier alpha value is -1.75. The monoisotopic (exact) mass is 231 g/mol. The summed E-state index contributed by atoms with van der Waals surface area (Å²) in [5.74, 6) is 0. The Bertz CT molecular complexity index is 451. The van der Waals surface area contributed by atoms with E-state index in [1.807, 2.05) is 31.6 Å². The van der Waals surface area contributed by atoms with Crippen molar-refractivity contribution in [2.24, 2.45) is 7.05 Å². The standard InChI is InChI=1S/C12H17N5/c1-16(9-12-10-17(2)15-14-12)8-6-11-5-3-4-7-13-11/h3-5,7,10H,6,8-9H2,1-2H3. The summed E-state index contributed by atoms with van der Waals surface area (Å²) in [6.07, 6.45) is 4.73. The van der Waals surface area contributed by atoms with Gasteiger partial charge in [0.25, 0.3) is 0 Å². The van der Waals surface area contributed by atoms with E-state index in [1.165, 1.54) is 0 Å². The molecule has 2 rings (SSSR count). The van der Waals surface area contributed by atoms with E-state index < -0.39 is 0 Å². The number of nitrogens with zero attached hydrogens (tertiary/aromatic N) is 5. The molecule has 0 aliphatic carbocycles. The summed E-state index contributed by atoms with van der Waals surface area (Å²) in [7, 11) is 3.96. The summed E-state index contributed by atoms with van der Waals surface area (Å²) in [6.45, 7) is 1.79. The number of pyridine rings is 1. The van der Waals surface area contributed by atoms with Crippen LogP contribution in [0.4, 0.5) is 0 Å². The van der Waals surface area contributed by atoms with Crippen molar-refractivity contribution in [1.82, 2.24) is 24.9 Å². The average Bonchev–Trinajstić information content (AvgIpc) is 2.73. The van der Waals surface area contributed by atoms with Crippen LogP contribution in [-0.4, -0.2) is 38.5 Å². The van der Waals surface area contributed by atoms with Crippen LogP contribution < -0.4 is 0 Å². The molecule has 0 amide bonds. The van der Waals surface area contributed by atoms with Gasteiger partial charge in [0.05, 0.1) is 5.69 Å². The Morgan fingerprint density at radius 2 is 2.18 bits per heavy atom. The molecule has 2 aromatic heterocycles. The van der Waals surface area contributed by atoms with Crippen molar-refractivity contribution in [3.8, 4) is 0 Å². The Kier molecular flexibility index (Phi) is 3.82. The molecule has 5 nitrogen and oxygen atoms in total. The molecule has 0 unspecified atom stereocenters. The largest absolute Gasteiger partial charge is 0.300 e. The minimum atomic E-state index is 0.820. The third kappa shape index (κ3) is 3.64. The van der Waals surface area contributed by atoms with Crippen LogP contribution in [0.3, 0.4) is 0 Å². The fourth-order valence-electron chi connectivity index (χ4n) is 1.67. The maximum absolute atomic E-state index is 4.30. The number of hydrogen-bond donors (Lipinski definition) is 0. The Labute approximate surface area is 101 Å². The molecular formula is C12H17N5. The third-order valence-electron chi connectivity index (χ3n) is 2.56. The summed E-state index contributed by atoms with van der Waals surface area (Å²) in [4.78, 5) is 6.52. The van der Waals surface area contributed by atoms with Gasteiger partial charge in [-0.3, -0.25) is 9.67 Å². The zero-order chi connectivity index (χ0) is 12.1. The second kappa shape index (κ2) is 5.54. The first kappa shape index (κ1) is 11.7. The van der Waals surface area contributed by atoms with Crippen molar-refractivity contribution in [3.63, 3.8) is 0 Å². The first-order valence-corrected chi connectivity index (χ1v) is 5.67. The zero-order valence-corrected chi connectivity index (χ0v) is 10.2. The third-order valence-corrected chi connectivity index (χ3v) is 2.56. The molecule has 0 atom stereocenters. The van der Waals surface area contributed by atoms with Crippen LogP contribution in [0.5, 0.6) is 0 Å². The van der Waals surface area contributed by atoms with E-state index in [0.717, 1.165) is 30.9 Å². The van der Waals surface area contributed by atoms with Gasteiger partial charge in [-0.05, 0) is 19.2 Å². The Morgan fingerprint density at radius 3 is 2.82 bits per heavy atom. The van der Waals surface area contributed by atoms with E-state index in [4.69, 9.17) is 0 Å². The Balaban J connectivity index is 1.80. The molecule has 0 radical (unpaired) electrons. The van der Waals surface area contributed by atoms with Gasteiger partial charge in [0.2, 0.25) is 0 Å². The lowest BCUT2D eigenvalue weighted by molar-refractivity contribution is 0.326. The second-order valence-corrected chi connectivity index (χ2v) is 4.19. The maximum Gasteiger partial charge on any atom is 0.0966 e. The molecule has 0 aliphatic rings. The van der Waals surface area contributed by atoms with Crippen molar-refractivity contribution in [2.75, 3.05) is 13.6 Å². The summed E-state index contributed by atoms with van der Waals surface area (Å²) < 4.78 is 1.72. The molecule has 0 bridgehead atoms. The smallest absolute Gasteiger partial charge is 0.0966 e. The van der Waals surface area contributed by atoms with Gasteiger partial charge in [-0.1, -0.05) is 11.3 Å². The van der Waals surface area contributed by atoms with Gasteiger partial charge in [0.15, 0.2) is 0 Å². The topological polar surface area (TPSA) is 46.8 Å². The van der Waals surface area contributed by atoms with Crippen LogP contribution in [0, 0.1) is 0 Å². The van der Waals surface area contributed by atoms with Crippen LogP contribution in [-0.2, 0) is 20.0 Å². The van der Waals surface area contributed by atoms with Crippen LogP contribution in [0.2, 0.25) is 0 Å². The molecule has 5 heteroatoms. The van der Waals surface area contributed by atoms with E-state index in [0.29, 0.717) is 0 Å². The fraction of sp³-hybridized carbons (Fsp3) is 0.417. The van der Waals surface area contributed by atoms with Gasteiger partial charge in [-0.25, -0.2) is 0 Å². The summed E-state index contributed by atoms with van der Waals surface area (Å²) >= 11 is 0. The average molecular weight is 231 g/mol. The molecular weight excluding hydrogens is 214 g/mol. The van der Waals surface area contributed by atoms with E-state index in [2.05, 4.69) is 33.3 Å². The molecule has 2 aromatic rings. The molecule has 17 heavy (non-hydrogen) atoms. The van der Waals surface area contributed by atoms with E-state index in [-0.39, 0.29) is 0 Å². The Morgan fingerprint density at radius 1 is 1.29 bits per heavy atom. The number of rotatable bonds is 5. The second-order valence-electron chi connectivity index (χ2n) is 4.19. The number of hydrogen-bond acceptors (Lipinski definition) is 4. The molecule has 2 heterocycles. The van der Waals surface area contributed by atoms with Crippen molar-refractivity contribution >= 4 is 0 Å². The van der Waals surface area contributed by atoms with Crippen molar-refractivity contribution in [3.05, 3.63) is 42.0 Å². The number of likely N-dealkylation sites (N-methyl/N-ethyl adjacent to an activating group) is 1. The van der Waals surface area contributed by atoms with Gasteiger partial charge < -0.3 is 4.90 Å². The maximum atomic E-state index is 4.30. The SMILES string of the molecule is CN(CCc1ccccn1)Cc1cn(C)nn1. The van der Waals surface area contributed by atoms with Crippen LogP contribution in [0.25, 0.3) is 0 Å². The lowest BCUT2D eigenvalue weighted by atomic mass is 10.2. The number of aryl methyl sites for hydroxylation is 1. The quantitative estimate of drug-likeness (QED) is 0.766. The lowest BCUT2D eigenvalue weighted by Gasteiger charge is -2.14. The van der Waals surface area contributed by atoms with E-state index in [9.17, 15) is 0 Å². The van der Waals surface area contributed by atoms with Gasteiger partial charge in [-0.15, -0.1) is 5.10 Å². The van der Waals surface area contributed by atoms with Crippen LogP contribution >= 0.6 is 0 Å². The molecule has 0 saturated heterocycles. The zero-order valence-electron chi connectivity index (χ0n) is 10.2. The van der Waals surface area contributed by atoms with Crippen LogP contribution in [0.1, 0.15) is 11.4 Å². The molecule has 0 N–H and O–H groups in total. The van der Waals surface area contributed by atoms with Crippen molar-refractivity contribution in [1.29, 1.82) is 0 Å². The first-order chi connectivity index (χ1) is 8.24. The van der Waals surface area contributed by atoms with Gasteiger partial charge in [0, 0.05) is 44.6 Å². The van der Waals surface area contributed by atoms with E-state index in [1.54, 1.807) is 4.68 Å².